The lowest BCUT2D eigenvalue weighted by molar-refractivity contribution is 0.577. The molecule has 0 fully saturated rings. The summed E-state index contributed by atoms with van der Waals surface area (Å²) in [5.41, 5.74) is 0. The Morgan fingerprint density at radius 1 is 0.579 bits per heavy atom. The van der Waals surface area contributed by atoms with Crippen LogP contribution < -0.4 is 0 Å². The quantitative estimate of drug-likeness (QED) is 0.438. The highest BCUT2D eigenvalue weighted by atomic mass is 32.2. The maximum atomic E-state index is 12.9. The Balaban J connectivity index is 1.96. The summed E-state index contributed by atoms with van der Waals surface area (Å²) in [4.78, 5) is 0.865. The molecule has 0 aliphatic rings. The lowest BCUT2D eigenvalue weighted by Crippen LogP contribution is -1.84. The van der Waals surface area contributed by atoms with Crippen LogP contribution in [0.2, 0.25) is 0 Å². The summed E-state index contributed by atoms with van der Waals surface area (Å²) >= 11 is 2.39. The van der Waals surface area contributed by atoms with Crippen molar-refractivity contribution in [3.63, 3.8) is 0 Å². The van der Waals surface area contributed by atoms with E-state index in [-0.39, 0.29) is 0 Å². The first-order chi connectivity index (χ1) is 9.02. The maximum absolute atomic E-state index is 12.9. The fourth-order valence-electron chi connectivity index (χ4n) is 1.39. The monoisotopic (exact) mass is 304 g/mol. The fourth-order valence-corrected chi connectivity index (χ4v) is 3.50. The van der Waals surface area contributed by atoms with Crippen LogP contribution >= 0.6 is 23.5 Å². The third-order valence-electron chi connectivity index (χ3n) is 2.12. The molecule has 6 heteroatoms. The highest BCUT2D eigenvalue weighted by Crippen LogP contribution is 2.29. The van der Waals surface area contributed by atoms with Crippen LogP contribution in [0.25, 0.3) is 0 Å². The minimum Gasteiger partial charge on any atom is -0.207 e. The largest absolute Gasteiger partial charge is 0.207 e. The van der Waals surface area contributed by atoms with Gasteiger partial charge in [0.1, 0.15) is 23.3 Å². The van der Waals surface area contributed by atoms with Crippen molar-refractivity contribution in [3.8, 4) is 0 Å². The lowest BCUT2D eigenvalue weighted by Gasteiger charge is -2.03. The van der Waals surface area contributed by atoms with Crippen molar-refractivity contribution in [2.24, 2.45) is 0 Å². The second kappa shape index (κ2) is 6.34. The Bertz CT molecular complexity index is 495. The van der Waals surface area contributed by atoms with Gasteiger partial charge in [0, 0.05) is 27.0 Å². The average Bonchev–Trinajstić information content (AvgIpc) is 2.26. The van der Waals surface area contributed by atoms with Crippen LogP contribution in [0.3, 0.4) is 0 Å². The standard InChI is InChI=1S/C13H8F4S2/c14-8-1-9(15)4-12(3-8)18-7-19-13-5-10(16)2-11(17)6-13/h1-6H,7H2. The highest BCUT2D eigenvalue weighted by Gasteiger charge is 2.04. The van der Waals surface area contributed by atoms with Crippen LogP contribution in [0.5, 0.6) is 0 Å². The molecule has 100 valence electrons. The summed E-state index contributed by atoms with van der Waals surface area (Å²) < 4.78 is 51.7. The summed E-state index contributed by atoms with van der Waals surface area (Å²) in [6.07, 6.45) is 0. The van der Waals surface area contributed by atoms with E-state index in [1.807, 2.05) is 0 Å². The molecular formula is C13H8F4S2. The van der Waals surface area contributed by atoms with Gasteiger partial charge in [0.15, 0.2) is 0 Å². The van der Waals surface area contributed by atoms with Gasteiger partial charge in [-0.3, -0.25) is 0 Å². The maximum Gasteiger partial charge on any atom is 0.127 e. The van der Waals surface area contributed by atoms with Gasteiger partial charge in [-0.25, -0.2) is 17.6 Å². The van der Waals surface area contributed by atoms with E-state index >= 15 is 0 Å². The number of halogens is 4. The predicted molar refractivity (Wildman–Crippen MR) is 69.3 cm³/mol. The van der Waals surface area contributed by atoms with E-state index in [4.69, 9.17) is 0 Å². The molecule has 0 radical (unpaired) electrons. The zero-order chi connectivity index (χ0) is 13.8. The second-order valence-electron chi connectivity index (χ2n) is 3.62. The van der Waals surface area contributed by atoms with Crippen LogP contribution in [-0.2, 0) is 0 Å². The molecule has 0 aromatic heterocycles. The van der Waals surface area contributed by atoms with Crippen LogP contribution in [0.15, 0.2) is 46.2 Å². The fraction of sp³-hybridized carbons (Fsp3) is 0.0769. The van der Waals surface area contributed by atoms with E-state index in [1.54, 1.807) is 0 Å². The lowest BCUT2D eigenvalue weighted by atomic mass is 10.3. The first-order valence-electron chi connectivity index (χ1n) is 5.21. The van der Waals surface area contributed by atoms with Crippen molar-refractivity contribution in [2.75, 3.05) is 5.08 Å². The van der Waals surface area contributed by atoms with Crippen molar-refractivity contribution in [1.82, 2.24) is 0 Å². The third-order valence-corrected chi connectivity index (χ3v) is 4.20. The molecule has 0 saturated carbocycles. The molecule has 2 aromatic carbocycles. The Kier molecular flexibility index (Phi) is 4.76. The van der Waals surface area contributed by atoms with Crippen molar-refractivity contribution < 1.29 is 17.6 Å². The normalized spacial score (nSPS) is 10.7. The molecule has 2 rings (SSSR count). The molecule has 0 N–H and O–H groups in total. The zero-order valence-electron chi connectivity index (χ0n) is 9.50. The summed E-state index contributed by atoms with van der Waals surface area (Å²) in [5, 5.41) is 0.395. The predicted octanol–water partition coefficient (Wildman–Crippen LogP) is 5.08. The Morgan fingerprint density at radius 3 is 1.21 bits per heavy atom. The number of hydrogen-bond donors (Lipinski definition) is 0. The first-order valence-corrected chi connectivity index (χ1v) is 7.18. The first kappa shape index (κ1) is 14.3. The molecule has 2 aromatic rings. The number of benzene rings is 2. The van der Waals surface area contributed by atoms with Crippen LogP contribution in [0, 0.1) is 23.3 Å². The van der Waals surface area contributed by atoms with Gasteiger partial charge in [0.25, 0.3) is 0 Å². The molecule has 0 heterocycles. The van der Waals surface area contributed by atoms with Gasteiger partial charge in [-0.15, -0.1) is 23.5 Å². The molecule has 0 atom stereocenters. The molecule has 0 bridgehead atoms. The number of hydrogen-bond acceptors (Lipinski definition) is 2. The third kappa shape index (κ3) is 4.47. The molecule has 0 saturated heterocycles. The topological polar surface area (TPSA) is 0 Å². The van der Waals surface area contributed by atoms with E-state index in [0.29, 0.717) is 14.9 Å². The Labute approximate surface area is 116 Å². The van der Waals surface area contributed by atoms with Gasteiger partial charge in [-0.1, -0.05) is 0 Å². The van der Waals surface area contributed by atoms with Crippen LogP contribution in [0.4, 0.5) is 17.6 Å². The van der Waals surface area contributed by atoms with Gasteiger partial charge >= 0.3 is 0 Å². The molecule has 0 unspecified atom stereocenters. The zero-order valence-corrected chi connectivity index (χ0v) is 11.1. The van der Waals surface area contributed by atoms with E-state index in [0.717, 1.165) is 12.1 Å². The van der Waals surface area contributed by atoms with Gasteiger partial charge in [0.2, 0.25) is 0 Å². The molecule has 0 spiro atoms. The van der Waals surface area contributed by atoms with E-state index in [9.17, 15) is 17.6 Å². The average molecular weight is 304 g/mol. The summed E-state index contributed by atoms with van der Waals surface area (Å²) in [6.45, 7) is 0. The van der Waals surface area contributed by atoms with Crippen molar-refractivity contribution >= 4 is 23.5 Å². The number of rotatable bonds is 4. The van der Waals surface area contributed by atoms with E-state index in [1.165, 1.54) is 47.8 Å². The van der Waals surface area contributed by atoms with Crippen molar-refractivity contribution in [1.29, 1.82) is 0 Å². The summed E-state index contributed by atoms with van der Waals surface area (Å²) in [5.74, 6) is -2.60. The van der Waals surface area contributed by atoms with E-state index in [2.05, 4.69) is 0 Å². The highest BCUT2D eigenvalue weighted by molar-refractivity contribution is 8.16. The van der Waals surface area contributed by atoms with Crippen molar-refractivity contribution in [3.05, 3.63) is 59.7 Å². The van der Waals surface area contributed by atoms with Gasteiger partial charge in [-0.2, -0.15) is 0 Å². The number of thioether (sulfide) groups is 2. The molecule has 19 heavy (non-hydrogen) atoms. The minimum absolute atomic E-state index is 0.395. The van der Waals surface area contributed by atoms with Crippen LogP contribution in [-0.4, -0.2) is 5.08 Å². The smallest absolute Gasteiger partial charge is 0.127 e. The van der Waals surface area contributed by atoms with Crippen LogP contribution in [0.1, 0.15) is 0 Å². The molecule has 0 aliphatic carbocycles. The Hall–Kier alpha value is -1.14. The minimum atomic E-state index is -0.649. The second-order valence-corrected chi connectivity index (χ2v) is 6.08. The summed E-state index contributed by atoms with van der Waals surface area (Å²) in [6, 6.07) is 6.42. The molecule has 0 amide bonds. The summed E-state index contributed by atoms with van der Waals surface area (Å²) in [7, 11) is 0. The van der Waals surface area contributed by atoms with E-state index < -0.39 is 23.3 Å². The van der Waals surface area contributed by atoms with Crippen molar-refractivity contribution in [2.45, 2.75) is 9.79 Å². The molecule has 0 nitrogen and oxygen atoms in total. The van der Waals surface area contributed by atoms with Gasteiger partial charge in [-0.05, 0) is 24.3 Å². The SMILES string of the molecule is Fc1cc(F)cc(SCSc2cc(F)cc(F)c2)c1. The molecule has 0 aliphatic heterocycles. The Morgan fingerprint density at radius 2 is 0.895 bits per heavy atom. The van der Waals surface area contributed by atoms with Gasteiger partial charge in [0.05, 0.1) is 0 Å². The van der Waals surface area contributed by atoms with Gasteiger partial charge < -0.3 is 0 Å². The molecular weight excluding hydrogens is 296 g/mol.